The maximum atomic E-state index is 11.8. The average molecular weight is 263 g/mol. The van der Waals surface area contributed by atoms with E-state index in [1.54, 1.807) is 0 Å². The van der Waals surface area contributed by atoms with Crippen LogP contribution in [0.3, 0.4) is 0 Å². The van der Waals surface area contributed by atoms with Crippen LogP contribution in [0.4, 0.5) is 0 Å². The first-order valence-corrected chi connectivity index (χ1v) is 6.69. The molecule has 1 aromatic carbocycles. The van der Waals surface area contributed by atoms with Crippen LogP contribution in [0.25, 0.3) is 0 Å². The summed E-state index contributed by atoms with van der Waals surface area (Å²) >= 11 is 0. The van der Waals surface area contributed by atoms with Gasteiger partial charge in [0, 0.05) is 18.7 Å². The zero-order chi connectivity index (χ0) is 13.7. The van der Waals surface area contributed by atoms with E-state index < -0.39 is 0 Å². The fourth-order valence-electron chi connectivity index (χ4n) is 2.48. The van der Waals surface area contributed by atoms with Gasteiger partial charge in [0.1, 0.15) is 0 Å². The van der Waals surface area contributed by atoms with Crippen LogP contribution >= 0.6 is 0 Å². The van der Waals surface area contributed by atoms with Crippen LogP contribution in [-0.2, 0) is 14.3 Å². The Hall–Kier alpha value is -1.39. The third-order valence-electron chi connectivity index (χ3n) is 3.62. The molecule has 104 valence electrons. The molecule has 1 saturated heterocycles. The highest BCUT2D eigenvalue weighted by atomic mass is 16.5. The van der Waals surface area contributed by atoms with E-state index in [2.05, 4.69) is 24.4 Å². The molecule has 19 heavy (non-hydrogen) atoms. The number of carbonyl (C=O) groups excluding carboxylic acids is 1. The minimum Gasteiger partial charge on any atom is -0.469 e. The Morgan fingerprint density at radius 1 is 1.42 bits per heavy atom. The van der Waals surface area contributed by atoms with Gasteiger partial charge >= 0.3 is 5.97 Å². The highest BCUT2D eigenvalue weighted by Gasteiger charge is 2.33. The lowest BCUT2D eigenvalue weighted by Gasteiger charge is -2.32. The largest absolute Gasteiger partial charge is 0.469 e. The second kappa shape index (κ2) is 6.68. The van der Waals surface area contributed by atoms with Crippen molar-refractivity contribution in [3.63, 3.8) is 0 Å². The lowest BCUT2D eigenvalue weighted by atomic mass is 9.94. The molecule has 1 fully saturated rings. The molecule has 1 N–H and O–H groups in total. The van der Waals surface area contributed by atoms with E-state index in [0.717, 1.165) is 6.42 Å². The summed E-state index contributed by atoms with van der Waals surface area (Å²) in [4.78, 5) is 11.8. The number of esters is 1. The van der Waals surface area contributed by atoms with Crippen LogP contribution in [0, 0.1) is 5.92 Å². The second-order valence-corrected chi connectivity index (χ2v) is 4.90. The van der Waals surface area contributed by atoms with Gasteiger partial charge in [0.05, 0.1) is 19.6 Å². The van der Waals surface area contributed by atoms with E-state index in [4.69, 9.17) is 9.47 Å². The molecule has 0 saturated carbocycles. The Kier molecular flexibility index (Phi) is 4.93. The molecule has 0 aliphatic carbocycles. The molecular weight excluding hydrogens is 242 g/mol. The first kappa shape index (κ1) is 14.0. The molecule has 1 aliphatic heterocycles. The van der Waals surface area contributed by atoms with Crippen LogP contribution in [0.2, 0.25) is 0 Å². The summed E-state index contributed by atoms with van der Waals surface area (Å²) in [6.45, 7) is 3.23. The Morgan fingerprint density at radius 3 is 2.84 bits per heavy atom. The predicted octanol–water partition coefficient (Wildman–Crippen LogP) is 1.92. The molecule has 1 heterocycles. The number of nitrogens with one attached hydrogen (secondary N) is 1. The van der Waals surface area contributed by atoms with Gasteiger partial charge in [-0.05, 0) is 18.9 Å². The molecule has 0 spiro atoms. The zero-order valence-electron chi connectivity index (χ0n) is 11.5. The second-order valence-electron chi connectivity index (χ2n) is 4.90. The normalized spacial score (nSPS) is 24.7. The number of carbonyl (C=O) groups is 1. The maximum Gasteiger partial charge on any atom is 0.312 e. The summed E-state index contributed by atoms with van der Waals surface area (Å²) in [6, 6.07) is 10.5. The Balaban J connectivity index is 2.01. The van der Waals surface area contributed by atoms with E-state index in [-0.39, 0.29) is 24.0 Å². The highest BCUT2D eigenvalue weighted by molar-refractivity contribution is 5.73. The maximum absolute atomic E-state index is 11.8. The number of hydrogen-bond acceptors (Lipinski definition) is 4. The summed E-state index contributed by atoms with van der Waals surface area (Å²) in [5, 5.41) is 3.52. The van der Waals surface area contributed by atoms with Crippen molar-refractivity contribution >= 4 is 5.97 Å². The molecule has 3 atom stereocenters. The fraction of sp³-hybridized carbons (Fsp3) is 0.533. The first-order valence-electron chi connectivity index (χ1n) is 6.69. The molecule has 0 aromatic heterocycles. The molecule has 0 bridgehead atoms. The van der Waals surface area contributed by atoms with E-state index in [0.29, 0.717) is 13.2 Å². The molecule has 4 heteroatoms. The van der Waals surface area contributed by atoms with E-state index in [1.165, 1.54) is 12.7 Å². The minimum atomic E-state index is -0.218. The third-order valence-corrected chi connectivity index (χ3v) is 3.62. The van der Waals surface area contributed by atoms with Gasteiger partial charge in [-0.2, -0.15) is 0 Å². The van der Waals surface area contributed by atoms with Gasteiger partial charge in [-0.1, -0.05) is 30.3 Å². The van der Waals surface area contributed by atoms with Crippen molar-refractivity contribution in [3.8, 4) is 0 Å². The van der Waals surface area contributed by atoms with E-state index >= 15 is 0 Å². The molecular formula is C15H21NO3. The van der Waals surface area contributed by atoms with Crippen LogP contribution in [0.5, 0.6) is 0 Å². The summed E-state index contributed by atoms with van der Waals surface area (Å²) in [5.41, 5.74) is 1.22. The molecule has 4 nitrogen and oxygen atoms in total. The van der Waals surface area contributed by atoms with Crippen molar-refractivity contribution in [2.24, 2.45) is 5.92 Å². The number of hydrogen-bond donors (Lipinski definition) is 1. The summed E-state index contributed by atoms with van der Waals surface area (Å²) in [5.74, 6) is -0.414. The standard InChI is InChI=1S/C15H21NO3/c1-11(12-6-4-3-5-7-12)16-14-8-9-19-10-13(14)15(17)18-2/h3-7,11,13-14,16H,8-10H2,1-2H3/t11-,13+,14-/m1/s1. The first-order chi connectivity index (χ1) is 9.22. The molecule has 1 aromatic rings. The molecule has 0 amide bonds. The third kappa shape index (κ3) is 3.55. The Labute approximate surface area is 114 Å². The zero-order valence-corrected chi connectivity index (χ0v) is 11.5. The van der Waals surface area contributed by atoms with Gasteiger partial charge < -0.3 is 14.8 Å². The molecule has 0 unspecified atom stereocenters. The number of rotatable bonds is 4. The van der Waals surface area contributed by atoms with Crippen LogP contribution in [-0.4, -0.2) is 32.3 Å². The average Bonchev–Trinajstić information content (AvgIpc) is 2.48. The Morgan fingerprint density at radius 2 is 2.16 bits per heavy atom. The smallest absolute Gasteiger partial charge is 0.312 e. The van der Waals surface area contributed by atoms with Gasteiger partial charge in [-0.15, -0.1) is 0 Å². The van der Waals surface area contributed by atoms with E-state index in [9.17, 15) is 4.79 Å². The summed E-state index contributed by atoms with van der Waals surface area (Å²) in [6.07, 6.45) is 0.830. The molecule has 0 radical (unpaired) electrons. The molecule has 1 aliphatic rings. The van der Waals surface area contributed by atoms with Crippen LogP contribution < -0.4 is 5.32 Å². The van der Waals surface area contributed by atoms with Crippen molar-refractivity contribution in [1.82, 2.24) is 5.32 Å². The van der Waals surface area contributed by atoms with Crippen LogP contribution in [0.1, 0.15) is 24.9 Å². The molecule has 2 rings (SSSR count). The van der Waals surface area contributed by atoms with E-state index in [1.807, 2.05) is 18.2 Å². The number of benzene rings is 1. The van der Waals surface area contributed by atoms with Crippen molar-refractivity contribution in [1.29, 1.82) is 0 Å². The van der Waals surface area contributed by atoms with Gasteiger partial charge in [0.25, 0.3) is 0 Å². The lowest BCUT2D eigenvalue weighted by molar-refractivity contribution is -0.151. The quantitative estimate of drug-likeness (QED) is 0.843. The topological polar surface area (TPSA) is 47.6 Å². The van der Waals surface area contributed by atoms with Gasteiger partial charge in [0.2, 0.25) is 0 Å². The highest BCUT2D eigenvalue weighted by Crippen LogP contribution is 2.20. The van der Waals surface area contributed by atoms with Crippen molar-refractivity contribution in [2.45, 2.75) is 25.4 Å². The SMILES string of the molecule is COC(=O)[C@H]1COCC[C@H]1N[C@H](C)c1ccccc1. The van der Waals surface area contributed by atoms with Crippen molar-refractivity contribution in [3.05, 3.63) is 35.9 Å². The van der Waals surface area contributed by atoms with Gasteiger partial charge in [0.15, 0.2) is 0 Å². The van der Waals surface area contributed by atoms with Crippen LogP contribution in [0.15, 0.2) is 30.3 Å². The summed E-state index contributed by atoms with van der Waals surface area (Å²) in [7, 11) is 1.43. The fourth-order valence-corrected chi connectivity index (χ4v) is 2.48. The number of ether oxygens (including phenoxy) is 2. The van der Waals surface area contributed by atoms with Gasteiger partial charge in [-0.3, -0.25) is 4.79 Å². The summed E-state index contributed by atoms with van der Waals surface area (Å²) < 4.78 is 10.2. The van der Waals surface area contributed by atoms with Crippen molar-refractivity contribution < 1.29 is 14.3 Å². The lowest BCUT2D eigenvalue weighted by Crippen LogP contribution is -2.47. The van der Waals surface area contributed by atoms with Gasteiger partial charge in [-0.25, -0.2) is 0 Å². The van der Waals surface area contributed by atoms with Crippen molar-refractivity contribution in [2.75, 3.05) is 20.3 Å². The monoisotopic (exact) mass is 263 g/mol. The minimum absolute atomic E-state index is 0.108. The predicted molar refractivity (Wildman–Crippen MR) is 72.7 cm³/mol. The number of methoxy groups -OCH3 is 1. The Bertz CT molecular complexity index is 407.